The molecule has 1 aromatic carbocycles. The maximum absolute atomic E-state index is 12.5. The topological polar surface area (TPSA) is 73.6 Å². The molecule has 5 nitrogen and oxygen atoms in total. The zero-order valence-corrected chi connectivity index (χ0v) is 14.7. The number of rotatable bonds is 10. The lowest BCUT2D eigenvalue weighted by Gasteiger charge is -2.14. The van der Waals surface area contributed by atoms with Crippen molar-refractivity contribution in [2.45, 2.75) is 52.3 Å². The SMILES string of the molecule is CCCOc1ccc(CNC(=O)CCC(C)N)c(OC(F)F)c1.Cl. The number of benzene rings is 1. The van der Waals surface area contributed by atoms with Gasteiger partial charge in [-0.05, 0) is 31.9 Å². The number of amides is 1. The van der Waals surface area contributed by atoms with Gasteiger partial charge in [-0.2, -0.15) is 8.78 Å². The van der Waals surface area contributed by atoms with Crippen LogP contribution in [-0.4, -0.2) is 25.2 Å². The molecule has 0 spiro atoms. The summed E-state index contributed by atoms with van der Waals surface area (Å²) in [5.74, 6) is 0.271. The van der Waals surface area contributed by atoms with Gasteiger partial charge in [0.2, 0.25) is 5.91 Å². The zero-order chi connectivity index (χ0) is 17.2. The first-order chi connectivity index (χ1) is 10.9. The molecule has 0 bridgehead atoms. The van der Waals surface area contributed by atoms with Crippen molar-refractivity contribution in [2.24, 2.45) is 5.73 Å². The first kappa shape index (κ1) is 22.4. The maximum atomic E-state index is 12.5. The number of hydrogen-bond donors (Lipinski definition) is 2. The smallest absolute Gasteiger partial charge is 0.387 e. The number of nitrogens with one attached hydrogen (secondary N) is 1. The second-order valence-corrected chi connectivity index (χ2v) is 5.29. The van der Waals surface area contributed by atoms with Gasteiger partial charge in [0, 0.05) is 30.6 Å². The van der Waals surface area contributed by atoms with Crippen LogP contribution in [0.15, 0.2) is 18.2 Å². The van der Waals surface area contributed by atoms with E-state index in [4.69, 9.17) is 10.5 Å². The largest absolute Gasteiger partial charge is 0.493 e. The molecule has 0 aliphatic heterocycles. The molecule has 0 saturated heterocycles. The van der Waals surface area contributed by atoms with E-state index in [1.165, 1.54) is 6.07 Å². The van der Waals surface area contributed by atoms with Crippen LogP contribution in [0.4, 0.5) is 8.78 Å². The highest BCUT2D eigenvalue weighted by atomic mass is 35.5. The molecule has 0 aliphatic rings. The minimum absolute atomic E-state index is 0. The Morgan fingerprint density at radius 3 is 2.67 bits per heavy atom. The lowest BCUT2D eigenvalue weighted by atomic mass is 10.1. The summed E-state index contributed by atoms with van der Waals surface area (Å²) in [4.78, 5) is 11.7. The quantitative estimate of drug-likeness (QED) is 0.666. The number of carbonyl (C=O) groups excluding carboxylic acids is 1. The van der Waals surface area contributed by atoms with E-state index in [2.05, 4.69) is 10.1 Å². The van der Waals surface area contributed by atoms with Gasteiger partial charge in [0.15, 0.2) is 0 Å². The molecule has 0 radical (unpaired) electrons. The lowest BCUT2D eigenvalue weighted by Crippen LogP contribution is -2.25. The highest BCUT2D eigenvalue weighted by Gasteiger charge is 2.12. The monoisotopic (exact) mass is 366 g/mol. The van der Waals surface area contributed by atoms with E-state index in [9.17, 15) is 13.6 Å². The van der Waals surface area contributed by atoms with Crippen LogP contribution in [0.3, 0.4) is 0 Å². The fourth-order valence-electron chi connectivity index (χ4n) is 1.84. The Kier molecular flexibility index (Phi) is 11.1. The van der Waals surface area contributed by atoms with Crippen molar-refractivity contribution in [1.29, 1.82) is 0 Å². The Morgan fingerprint density at radius 1 is 1.38 bits per heavy atom. The second kappa shape index (κ2) is 11.9. The van der Waals surface area contributed by atoms with E-state index in [0.29, 0.717) is 30.8 Å². The Bertz CT molecular complexity index is 502. The standard InChI is InChI=1S/C16H24F2N2O3.ClH/c1-3-8-22-13-6-5-12(14(9-13)23-16(17)18)10-20-15(21)7-4-11(2)19;/h5-6,9,11,16H,3-4,7-8,10,19H2,1-2H3,(H,20,21);1H. The van der Waals surface area contributed by atoms with Crippen LogP contribution in [0.2, 0.25) is 0 Å². The van der Waals surface area contributed by atoms with Gasteiger partial charge in [-0.1, -0.05) is 6.92 Å². The van der Waals surface area contributed by atoms with Gasteiger partial charge in [-0.3, -0.25) is 4.79 Å². The third-order valence-corrected chi connectivity index (χ3v) is 3.03. The maximum Gasteiger partial charge on any atom is 0.387 e. The summed E-state index contributed by atoms with van der Waals surface area (Å²) in [5, 5.41) is 2.67. The van der Waals surface area contributed by atoms with Crippen LogP contribution in [0.1, 0.15) is 38.7 Å². The van der Waals surface area contributed by atoms with Crippen LogP contribution < -0.4 is 20.5 Å². The molecule has 8 heteroatoms. The van der Waals surface area contributed by atoms with E-state index >= 15 is 0 Å². The molecule has 0 heterocycles. The fourth-order valence-corrected chi connectivity index (χ4v) is 1.84. The predicted octanol–water partition coefficient (Wildman–Crippen LogP) is 3.24. The van der Waals surface area contributed by atoms with Crippen molar-refractivity contribution in [3.05, 3.63) is 23.8 Å². The summed E-state index contributed by atoms with van der Waals surface area (Å²) in [5.41, 5.74) is 6.05. The third kappa shape index (κ3) is 8.88. The van der Waals surface area contributed by atoms with Crippen LogP contribution in [-0.2, 0) is 11.3 Å². The van der Waals surface area contributed by atoms with Gasteiger partial charge in [0.25, 0.3) is 0 Å². The normalized spacial score (nSPS) is 11.6. The number of carbonyl (C=O) groups is 1. The van der Waals surface area contributed by atoms with Crippen molar-refractivity contribution >= 4 is 18.3 Å². The highest BCUT2D eigenvalue weighted by Crippen LogP contribution is 2.26. The fraction of sp³-hybridized carbons (Fsp3) is 0.562. The lowest BCUT2D eigenvalue weighted by molar-refractivity contribution is -0.121. The van der Waals surface area contributed by atoms with Gasteiger partial charge >= 0.3 is 6.61 Å². The molecule has 0 aliphatic carbocycles. The van der Waals surface area contributed by atoms with Crippen LogP contribution >= 0.6 is 12.4 Å². The van der Waals surface area contributed by atoms with Crippen molar-refractivity contribution in [1.82, 2.24) is 5.32 Å². The highest BCUT2D eigenvalue weighted by molar-refractivity contribution is 5.85. The summed E-state index contributed by atoms with van der Waals surface area (Å²) >= 11 is 0. The zero-order valence-electron chi connectivity index (χ0n) is 13.9. The predicted molar refractivity (Wildman–Crippen MR) is 90.8 cm³/mol. The van der Waals surface area contributed by atoms with Crippen LogP contribution in [0.5, 0.6) is 11.5 Å². The molecule has 1 unspecified atom stereocenters. The first-order valence-corrected chi connectivity index (χ1v) is 7.65. The molecule has 1 aromatic rings. The van der Waals surface area contributed by atoms with E-state index < -0.39 is 6.61 Å². The Labute approximate surface area is 147 Å². The summed E-state index contributed by atoms with van der Waals surface area (Å²) in [7, 11) is 0. The molecule has 1 rings (SSSR count). The van der Waals surface area contributed by atoms with Gasteiger partial charge in [0.05, 0.1) is 6.61 Å². The minimum atomic E-state index is -2.94. The van der Waals surface area contributed by atoms with Gasteiger partial charge in [-0.25, -0.2) is 0 Å². The molecular weight excluding hydrogens is 342 g/mol. The van der Waals surface area contributed by atoms with E-state index in [1.807, 2.05) is 13.8 Å². The summed E-state index contributed by atoms with van der Waals surface area (Å²) in [6.45, 7) is 1.42. The van der Waals surface area contributed by atoms with Gasteiger partial charge in [0.1, 0.15) is 11.5 Å². The summed E-state index contributed by atoms with van der Waals surface area (Å²) < 4.78 is 35.0. The molecule has 3 N–H and O–H groups in total. The molecule has 1 atom stereocenters. The number of hydrogen-bond acceptors (Lipinski definition) is 4. The summed E-state index contributed by atoms with van der Waals surface area (Å²) in [6, 6.07) is 4.62. The Balaban J connectivity index is 0.00000529. The number of nitrogens with two attached hydrogens (primary N) is 1. The molecule has 24 heavy (non-hydrogen) atoms. The van der Waals surface area contributed by atoms with Crippen molar-refractivity contribution in [3.8, 4) is 11.5 Å². The summed E-state index contributed by atoms with van der Waals surface area (Å²) in [6.07, 6.45) is 1.67. The number of alkyl halides is 2. The van der Waals surface area contributed by atoms with Gasteiger partial charge < -0.3 is 20.5 Å². The molecule has 0 saturated carbocycles. The molecule has 0 aromatic heterocycles. The number of halogens is 3. The molecule has 1 amide bonds. The van der Waals surface area contributed by atoms with Crippen LogP contribution in [0, 0.1) is 0 Å². The Hall–Kier alpha value is -1.60. The molecule has 138 valence electrons. The van der Waals surface area contributed by atoms with Crippen molar-refractivity contribution < 1.29 is 23.0 Å². The van der Waals surface area contributed by atoms with E-state index in [1.54, 1.807) is 12.1 Å². The van der Waals surface area contributed by atoms with E-state index in [-0.39, 0.29) is 36.7 Å². The average molecular weight is 367 g/mol. The van der Waals surface area contributed by atoms with Gasteiger partial charge in [-0.15, -0.1) is 12.4 Å². The van der Waals surface area contributed by atoms with Crippen LogP contribution in [0.25, 0.3) is 0 Å². The minimum Gasteiger partial charge on any atom is -0.493 e. The van der Waals surface area contributed by atoms with E-state index in [0.717, 1.165) is 6.42 Å². The third-order valence-electron chi connectivity index (χ3n) is 3.03. The molecular formula is C16H25ClF2N2O3. The first-order valence-electron chi connectivity index (χ1n) is 7.65. The average Bonchev–Trinajstić information content (AvgIpc) is 2.49. The second-order valence-electron chi connectivity index (χ2n) is 5.29. The van der Waals surface area contributed by atoms with Crippen molar-refractivity contribution in [3.63, 3.8) is 0 Å². The Morgan fingerprint density at radius 2 is 2.08 bits per heavy atom. The molecule has 0 fully saturated rings. The van der Waals surface area contributed by atoms with Crippen molar-refractivity contribution in [2.75, 3.05) is 6.61 Å². The number of ether oxygens (including phenoxy) is 2.